The number of nitrogens with zero attached hydrogens (tertiary/aromatic N) is 1. The minimum atomic E-state index is -3.39. The Morgan fingerprint density at radius 1 is 1.47 bits per heavy atom. The maximum absolute atomic E-state index is 12.5. The standard InChI is InChI=1S/C13H19NO3S2/c1-4-17-13-6-5-12(9-10(13)2)19(15,16)14-7-8-18-11(14)3/h5-6,9,11H,4,7-8H2,1-3H3. The summed E-state index contributed by atoms with van der Waals surface area (Å²) in [5, 5.41) is 0.0110. The molecule has 0 spiro atoms. The molecule has 1 aliphatic heterocycles. The van der Waals surface area contributed by atoms with Gasteiger partial charge in [-0.3, -0.25) is 0 Å². The Balaban J connectivity index is 2.33. The lowest BCUT2D eigenvalue weighted by atomic mass is 10.2. The van der Waals surface area contributed by atoms with Crippen LogP contribution in [-0.2, 0) is 10.0 Å². The van der Waals surface area contributed by atoms with Crippen LogP contribution in [0.15, 0.2) is 23.1 Å². The molecule has 106 valence electrons. The average Bonchev–Trinajstić information content (AvgIpc) is 2.79. The molecule has 0 radical (unpaired) electrons. The summed E-state index contributed by atoms with van der Waals surface area (Å²) in [6, 6.07) is 5.05. The van der Waals surface area contributed by atoms with Gasteiger partial charge in [-0.05, 0) is 44.5 Å². The van der Waals surface area contributed by atoms with Gasteiger partial charge in [0.15, 0.2) is 0 Å². The Morgan fingerprint density at radius 3 is 2.74 bits per heavy atom. The topological polar surface area (TPSA) is 46.6 Å². The second-order valence-corrected chi connectivity index (χ2v) is 7.76. The van der Waals surface area contributed by atoms with Crippen LogP contribution in [0.2, 0.25) is 0 Å². The summed E-state index contributed by atoms with van der Waals surface area (Å²) in [5.41, 5.74) is 0.849. The first-order valence-corrected chi connectivity index (χ1v) is 8.82. The van der Waals surface area contributed by atoms with Crippen molar-refractivity contribution in [3.8, 4) is 5.75 Å². The second kappa shape index (κ2) is 5.73. The second-order valence-electron chi connectivity index (χ2n) is 4.45. The molecule has 1 heterocycles. The highest BCUT2D eigenvalue weighted by molar-refractivity contribution is 8.01. The predicted molar refractivity (Wildman–Crippen MR) is 78.2 cm³/mol. The van der Waals surface area contributed by atoms with E-state index in [4.69, 9.17) is 4.74 Å². The van der Waals surface area contributed by atoms with Gasteiger partial charge < -0.3 is 4.74 Å². The van der Waals surface area contributed by atoms with E-state index in [0.29, 0.717) is 18.0 Å². The quantitative estimate of drug-likeness (QED) is 0.857. The number of hydrogen-bond donors (Lipinski definition) is 0. The van der Waals surface area contributed by atoms with Crippen LogP contribution < -0.4 is 4.74 Å². The van der Waals surface area contributed by atoms with E-state index in [0.717, 1.165) is 17.1 Å². The van der Waals surface area contributed by atoms with Gasteiger partial charge in [0.05, 0.1) is 16.9 Å². The van der Waals surface area contributed by atoms with Crippen LogP contribution in [0.5, 0.6) is 5.75 Å². The Bertz CT molecular complexity index is 557. The summed E-state index contributed by atoms with van der Waals surface area (Å²) < 4.78 is 32.1. The molecule has 4 nitrogen and oxygen atoms in total. The van der Waals surface area contributed by atoms with E-state index in [9.17, 15) is 8.42 Å². The van der Waals surface area contributed by atoms with E-state index < -0.39 is 10.0 Å². The molecule has 0 bridgehead atoms. The molecule has 0 aromatic heterocycles. The summed E-state index contributed by atoms with van der Waals surface area (Å²) >= 11 is 1.66. The lowest BCUT2D eigenvalue weighted by Gasteiger charge is -2.20. The maximum Gasteiger partial charge on any atom is 0.244 e. The molecular formula is C13H19NO3S2. The van der Waals surface area contributed by atoms with Crippen LogP contribution in [-0.4, -0.2) is 37.0 Å². The fraction of sp³-hybridized carbons (Fsp3) is 0.538. The first kappa shape index (κ1) is 14.7. The smallest absolute Gasteiger partial charge is 0.244 e. The van der Waals surface area contributed by atoms with Gasteiger partial charge >= 0.3 is 0 Å². The van der Waals surface area contributed by atoms with Gasteiger partial charge in [-0.1, -0.05) is 0 Å². The Labute approximate surface area is 119 Å². The first-order chi connectivity index (χ1) is 8.96. The zero-order chi connectivity index (χ0) is 14.0. The van der Waals surface area contributed by atoms with Crippen molar-refractivity contribution >= 4 is 21.8 Å². The molecular weight excluding hydrogens is 282 g/mol. The minimum absolute atomic E-state index is 0.0110. The summed E-state index contributed by atoms with van der Waals surface area (Å²) in [6.07, 6.45) is 0. The van der Waals surface area contributed by atoms with E-state index in [1.54, 1.807) is 34.3 Å². The molecule has 1 fully saturated rings. The van der Waals surface area contributed by atoms with Crippen LogP contribution in [0.25, 0.3) is 0 Å². The SMILES string of the molecule is CCOc1ccc(S(=O)(=O)N2CCSC2C)cc1C. The molecule has 0 amide bonds. The third-order valence-corrected chi connectivity index (χ3v) is 6.38. The van der Waals surface area contributed by atoms with E-state index in [-0.39, 0.29) is 5.37 Å². The van der Waals surface area contributed by atoms with Gasteiger partial charge in [-0.2, -0.15) is 4.31 Å². The van der Waals surface area contributed by atoms with Crippen molar-refractivity contribution in [2.75, 3.05) is 18.9 Å². The van der Waals surface area contributed by atoms with Crippen LogP contribution in [0.4, 0.5) is 0 Å². The minimum Gasteiger partial charge on any atom is -0.494 e. The Morgan fingerprint density at radius 2 is 2.21 bits per heavy atom. The Kier molecular flexibility index (Phi) is 4.43. The number of hydrogen-bond acceptors (Lipinski definition) is 4. The van der Waals surface area contributed by atoms with Gasteiger partial charge in [-0.15, -0.1) is 11.8 Å². The van der Waals surface area contributed by atoms with Gasteiger partial charge in [0.2, 0.25) is 10.0 Å². The van der Waals surface area contributed by atoms with Gasteiger partial charge in [0.1, 0.15) is 5.75 Å². The molecule has 1 saturated heterocycles. The lowest BCUT2D eigenvalue weighted by Crippen LogP contribution is -2.33. The summed E-state index contributed by atoms with van der Waals surface area (Å²) in [7, 11) is -3.39. The number of rotatable bonds is 4. The zero-order valence-electron chi connectivity index (χ0n) is 11.4. The maximum atomic E-state index is 12.5. The van der Waals surface area contributed by atoms with E-state index in [1.165, 1.54) is 0 Å². The molecule has 1 aromatic rings. The van der Waals surface area contributed by atoms with Gasteiger partial charge in [0.25, 0.3) is 0 Å². The third-order valence-electron chi connectivity index (χ3n) is 3.13. The molecule has 1 aromatic carbocycles. The van der Waals surface area contributed by atoms with Crippen LogP contribution in [0, 0.1) is 6.92 Å². The number of ether oxygens (including phenoxy) is 1. The highest BCUT2D eigenvalue weighted by atomic mass is 32.2. The third kappa shape index (κ3) is 2.90. The van der Waals surface area contributed by atoms with Crippen molar-refractivity contribution in [2.24, 2.45) is 0 Å². The van der Waals surface area contributed by atoms with Crippen molar-refractivity contribution in [3.63, 3.8) is 0 Å². The molecule has 2 rings (SSSR count). The van der Waals surface area contributed by atoms with Crippen molar-refractivity contribution in [1.29, 1.82) is 0 Å². The number of aryl methyl sites for hydroxylation is 1. The van der Waals surface area contributed by atoms with E-state index in [1.807, 2.05) is 20.8 Å². The lowest BCUT2D eigenvalue weighted by molar-refractivity contribution is 0.337. The highest BCUT2D eigenvalue weighted by Gasteiger charge is 2.33. The van der Waals surface area contributed by atoms with Crippen molar-refractivity contribution in [3.05, 3.63) is 23.8 Å². The number of benzene rings is 1. The summed E-state index contributed by atoms with van der Waals surface area (Å²) in [4.78, 5) is 0.350. The van der Waals surface area contributed by atoms with Crippen molar-refractivity contribution in [2.45, 2.75) is 31.0 Å². The van der Waals surface area contributed by atoms with Crippen molar-refractivity contribution < 1.29 is 13.2 Å². The normalized spacial score (nSPS) is 20.7. The molecule has 1 unspecified atom stereocenters. The molecule has 0 aliphatic carbocycles. The average molecular weight is 301 g/mol. The van der Waals surface area contributed by atoms with Crippen LogP contribution >= 0.6 is 11.8 Å². The molecule has 1 atom stereocenters. The molecule has 1 aliphatic rings. The van der Waals surface area contributed by atoms with E-state index in [2.05, 4.69) is 0 Å². The fourth-order valence-corrected chi connectivity index (χ4v) is 5.24. The summed E-state index contributed by atoms with van der Waals surface area (Å²) in [5.74, 6) is 1.60. The fourth-order valence-electron chi connectivity index (χ4n) is 2.13. The predicted octanol–water partition coefficient (Wildman–Crippen LogP) is 2.48. The number of sulfonamides is 1. The van der Waals surface area contributed by atoms with Crippen LogP contribution in [0.3, 0.4) is 0 Å². The first-order valence-electron chi connectivity index (χ1n) is 6.33. The molecule has 0 saturated carbocycles. The molecule has 0 N–H and O–H groups in total. The highest BCUT2D eigenvalue weighted by Crippen LogP contribution is 2.31. The largest absolute Gasteiger partial charge is 0.494 e. The summed E-state index contributed by atoms with van der Waals surface area (Å²) in [6.45, 7) is 6.86. The van der Waals surface area contributed by atoms with E-state index >= 15 is 0 Å². The monoisotopic (exact) mass is 301 g/mol. The van der Waals surface area contributed by atoms with Crippen LogP contribution in [0.1, 0.15) is 19.4 Å². The van der Waals surface area contributed by atoms with Gasteiger partial charge in [0, 0.05) is 12.3 Å². The van der Waals surface area contributed by atoms with Crippen molar-refractivity contribution in [1.82, 2.24) is 4.31 Å². The van der Waals surface area contributed by atoms with Gasteiger partial charge in [-0.25, -0.2) is 8.42 Å². The molecule has 6 heteroatoms. The zero-order valence-corrected chi connectivity index (χ0v) is 13.1. The Hall–Kier alpha value is -0.720. The number of thioether (sulfide) groups is 1. The molecule has 19 heavy (non-hydrogen) atoms.